The molecule has 1 aliphatic rings. The van der Waals surface area contributed by atoms with Crippen LogP contribution in [0.15, 0.2) is 41.4 Å². The molecular weight excluding hydrogens is 349 g/mol. The number of aliphatic imine (C=N–C) groups is 1. The molecule has 2 N–H and O–H groups in total. The van der Waals surface area contributed by atoms with Crippen molar-refractivity contribution in [3.63, 3.8) is 0 Å². The van der Waals surface area contributed by atoms with E-state index in [2.05, 4.69) is 15.6 Å². The second-order valence-corrected chi connectivity index (χ2v) is 6.10. The summed E-state index contributed by atoms with van der Waals surface area (Å²) in [6.07, 6.45) is 0. The predicted molar refractivity (Wildman–Crippen MR) is 101 cm³/mol. The highest BCUT2D eigenvalue weighted by atomic mass is 19.1. The van der Waals surface area contributed by atoms with E-state index < -0.39 is 0 Å². The topological polar surface area (TPSA) is 64.1 Å². The van der Waals surface area contributed by atoms with Crippen LogP contribution in [0.4, 0.5) is 4.39 Å². The Kier molecular flexibility index (Phi) is 6.49. The van der Waals surface area contributed by atoms with Gasteiger partial charge in [-0.15, -0.1) is 0 Å². The molecule has 0 amide bonds. The molecule has 144 valence electrons. The molecule has 0 unspecified atom stereocenters. The Morgan fingerprint density at radius 1 is 1.11 bits per heavy atom. The maximum absolute atomic E-state index is 13.7. The lowest BCUT2D eigenvalue weighted by molar-refractivity contribution is 0.174. The van der Waals surface area contributed by atoms with Crippen LogP contribution in [-0.2, 0) is 24.4 Å². The third-order valence-electron chi connectivity index (χ3n) is 4.07. The van der Waals surface area contributed by atoms with Gasteiger partial charge in [-0.3, -0.25) is 0 Å². The highest BCUT2D eigenvalue weighted by Gasteiger charge is 2.13. The van der Waals surface area contributed by atoms with Gasteiger partial charge in [0.1, 0.15) is 5.82 Å². The normalized spacial score (nSPS) is 12.9. The number of guanidine groups is 1. The Bertz CT molecular complexity index is 811. The smallest absolute Gasteiger partial charge is 0.231 e. The summed E-state index contributed by atoms with van der Waals surface area (Å²) in [5, 5.41) is 6.50. The van der Waals surface area contributed by atoms with Crippen molar-refractivity contribution in [2.24, 2.45) is 4.99 Å². The van der Waals surface area contributed by atoms with Crippen molar-refractivity contribution in [2.75, 3.05) is 20.4 Å². The minimum atomic E-state index is -0.266. The average molecular weight is 373 g/mol. The van der Waals surface area contributed by atoms with Crippen molar-refractivity contribution in [3.8, 4) is 11.5 Å². The van der Waals surface area contributed by atoms with Crippen LogP contribution in [0.2, 0.25) is 0 Å². The molecule has 0 bridgehead atoms. The van der Waals surface area contributed by atoms with Crippen LogP contribution in [-0.4, -0.2) is 26.4 Å². The molecule has 0 radical (unpaired) electrons. The lowest BCUT2D eigenvalue weighted by Crippen LogP contribution is -2.36. The van der Waals surface area contributed by atoms with Gasteiger partial charge >= 0.3 is 0 Å². The van der Waals surface area contributed by atoms with Gasteiger partial charge in [-0.1, -0.05) is 12.1 Å². The number of hydrogen-bond donors (Lipinski definition) is 2. The second-order valence-electron chi connectivity index (χ2n) is 6.10. The van der Waals surface area contributed by atoms with Crippen LogP contribution in [0.25, 0.3) is 0 Å². The number of fused-ring (bicyclic) bond motifs is 1. The summed E-state index contributed by atoms with van der Waals surface area (Å²) < 4.78 is 29.5. The summed E-state index contributed by atoms with van der Waals surface area (Å²) in [7, 11) is 1.55. The number of ether oxygens (including phenoxy) is 3. The molecule has 2 aromatic rings. The quantitative estimate of drug-likeness (QED) is 0.577. The van der Waals surface area contributed by atoms with E-state index >= 15 is 0 Å². The summed E-state index contributed by atoms with van der Waals surface area (Å²) in [6.45, 7) is 4.29. The molecule has 0 atom stereocenters. The van der Waals surface area contributed by atoms with Gasteiger partial charge < -0.3 is 24.8 Å². The predicted octanol–water partition coefficient (Wildman–Crippen LogP) is 2.96. The molecule has 0 saturated heterocycles. The number of benzene rings is 2. The van der Waals surface area contributed by atoms with Crippen molar-refractivity contribution in [3.05, 3.63) is 58.9 Å². The summed E-state index contributed by atoms with van der Waals surface area (Å²) in [6, 6.07) is 10.8. The molecule has 27 heavy (non-hydrogen) atoms. The largest absolute Gasteiger partial charge is 0.454 e. The molecule has 0 saturated carbocycles. The van der Waals surface area contributed by atoms with E-state index in [-0.39, 0.29) is 19.2 Å². The van der Waals surface area contributed by atoms with Gasteiger partial charge in [-0.05, 0) is 42.3 Å². The number of nitrogens with zero attached hydrogens (tertiary/aromatic N) is 1. The van der Waals surface area contributed by atoms with E-state index in [9.17, 15) is 4.39 Å². The van der Waals surface area contributed by atoms with Gasteiger partial charge in [-0.2, -0.15) is 0 Å². The lowest BCUT2D eigenvalue weighted by atomic mass is 10.1. The van der Waals surface area contributed by atoms with Crippen molar-refractivity contribution >= 4 is 5.96 Å². The van der Waals surface area contributed by atoms with Crippen molar-refractivity contribution in [1.29, 1.82) is 0 Å². The fourth-order valence-corrected chi connectivity index (χ4v) is 2.74. The minimum absolute atomic E-state index is 0.242. The molecule has 0 fully saturated rings. The molecule has 0 aromatic heterocycles. The van der Waals surface area contributed by atoms with Gasteiger partial charge in [0.25, 0.3) is 0 Å². The Labute approximate surface area is 158 Å². The first-order valence-electron chi connectivity index (χ1n) is 8.86. The molecule has 6 nitrogen and oxygen atoms in total. The molecule has 2 aromatic carbocycles. The number of methoxy groups -OCH3 is 1. The van der Waals surface area contributed by atoms with E-state index in [1.54, 1.807) is 19.2 Å². The fraction of sp³-hybridized carbons (Fsp3) is 0.350. The maximum Gasteiger partial charge on any atom is 0.231 e. The molecular formula is C20H24FN3O3. The van der Waals surface area contributed by atoms with Crippen LogP contribution in [0, 0.1) is 5.82 Å². The second kappa shape index (κ2) is 9.23. The summed E-state index contributed by atoms with van der Waals surface area (Å²) in [5.41, 5.74) is 2.52. The molecule has 0 aliphatic carbocycles. The van der Waals surface area contributed by atoms with Crippen LogP contribution in [0.1, 0.15) is 23.6 Å². The molecule has 1 heterocycles. The van der Waals surface area contributed by atoms with Crippen LogP contribution in [0.5, 0.6) is 11.5 Å². The lowest BCUT2D eigenvalue weighted by Gasteiger charge is -2.12. The highest BCUT2D eigenvalue weighted by Crippen LogP contribution is 2.32. The van der Waals surface area contributed by atoms with Crippen LogP contribution in [0.3, 0.4) is 0 Å². The number of rotatable bonds is 7. The minimum Gasteiger partial charge on any atom is -0.454 e. The van der Waals surface area contributed by atoms with E-state index in [0.717, 1.165) is 29.2 Å². The van der Waals surface area contributed by atoms with Crippen molar-refractivity contribution in [1.82, 2.24) is 10.6 Å². The van der Waals surface area contributed by atoms with Gasteiger partial charge in [0.2, 0.25) is 6.79 Å². The molecule has 7 heteroatoms. The third-order valence-corrected chi connectivity index (χ3v) is 4.07. The standard InChI is InChI=1S/C20H24FN3O3/c1-3-22-20(23-10-14-4-6-17(21)16(8-14)12-25-2)24-11-15-5-7-18-19(9-15)27-13-26-18/h4-9H,3,10-13H2,1-2H3,(H2,22,23,24). The zero-order valence-electron chi connectivity index (χ0n) is 15.5. The Balaban J connectivity index is 1.63. The molecule has 1 aliphatic heterocycles. The monoisotopic (exact) mass is 373 g/mol. The van der Waals surface area contributed by atoms with E-state index in [1.165, 1.54) is 6.07 Å². The Morgan fingerprint density at radius 3 is 2.74 bits per heavy atom. The van der Waals surface area contributed by atoms with E-state index in [1.807, 2.05) is 25.1 Å². The number of halogens is 1. The summed E-state index contributed by atoms with van der Waals surface area (Å²) >= 11 is 0. The Morgan fingerprint density at radius 2 is 1.93 bits per heavy atom. The molecule has 3 rings (SSSR count). The zero-order chi connectivity index (χ0) is 19.1. The van der Waals surface area contributed by atoms with Crippen LogP contribution >= 0.6 is 0 Å². The van der Waals surface area contributed by atoms with E-state index in [0.29, 0.717) is 24.6 Å². The van der Waals surface area contributed by atoms with Gasteiger partial charge in [0.05, 0.1) is 13.2 Å². The zero-order valence-corrected chi connectivity index (χ0v) is 15.5. The first-order chi connectivity index (χ1) is 13.2. The first kappa shape index (κ1) is 19.0. The highest BCUT2D eigenvalue weighted by molar-refractivity contribution is 5.79. The first-order valence-corrected chi connectivity index (χ1v) is 8.86. The Hall–Kier alpha value is -2.80. The van der Waals surface area contributed by atoms with Crippen molar-refractivity contribution in [2.45, 2.75) is 26.6 Å². The third kappa shape index (κ3) is 5.10. The van der Waals surface area contributed by atoms with Gasteiger partial charge in [0.15, 0.2) is 17.5 Å². The van der Waals surface area contributed by atoms with E-state index in [4.69, 9.17) is 14.2 Å². The average Bonchev–Trinajstić information content (AvgIpc) is 3.14. The summed E-state index contributed by atoms with van der Waals surface area (Å²) in [5.74, 6) is 1.95. The van der Waals surface area contributed by atoms with Crippen LogP contribution < -0.4 is 20.1 Å². The van der Waals surface area contributed by atoms with Gasteiger partial charge in [0, 0.05) is 25.8 Å². The number of nitrogens with one attached hydrogen (secondary N) is 2. The fourth-order valence-electron chi connectivity index (χ4n) is 2.74. The summed E-state index contributed by atoms with van der Waals surface area (Å²) in [4.78, 5) is 4.58. The van der Waals surface area contributed by atoms with Crippen molar-refractivity contribution < 1.29 is 18.6 Å². The number of hydrogen-bond acceptors (Lipinski definition) is 4. The molecule has 0 spiro atoms. The SMILES string of the molecule is CCNC(=NCc1ccc(F)c(COC)c1)NCc1ccc2c(c1)OCO2. The van der Waals surface area contributed by atoms with Gasteiger partial charge in [-0.25, -0.2) is 9.38 Å². The maximum atomic E-state index is 13.7.